The van der Waals surface area contributed by atoms with Crippen molar-refractivity contribution in [2.24, 2.45) is 0 Å². The van der Waals surface area contributed by atoms with Crippen molar-refractivity contribution in [2.45, 2.75) is 31.3 Å². The summed E-state index contributed by atoms with van der Waals surface area (Å²) in [6.45, 7) is 4.38. The Kier molecular flexibility index (Phi) is 4.52. The summed E-state index contributed by atoms with van der Waals surface area (Å²) in [5, 5.41) is 12.1. The molecule has 1 atom stereocenters. The average molecular weight is 211 g/mol. The number of likely N-dealkylation sites (N-methyl/N-ethyl adjacent to an activating group) is 2. The summed E-state index contributed by atoms with van der Waals surface area (Å²) in [6, 6.07) is 2.87. The maximum absolute atomic E-state index is 9.07. The van der Waals surface area contributed by atoms with Crippen molar-refractivity contribution in [2.75, 3.05) is 33.9 Å². The van der Waals surface area contributed by atoms with Gasteiger partial charge >= 0.3 is 0 Å². The monoisotopic (exact) mass is 211 g/mol. The second kappa shape index (κ2) is 5.45. The Hall–Kier alpha value is -0.630. The summed E-state index contributed by atoms with van der Waals surface area (Å²) < 4.78 is 5.33. The predicted molar refractivity (Wildman–Crippen MR) is 59.5 cm³/mol. The summed E-state index contributed by atoms with van der Waals surface area (Å²) in [5.74, 6) is 0. The normalized spacial score (nSPS) is 22.3. The molecule has 0 radical (unpaired) electrons. The second-order valence-corrected chi connectivity index (χ2v) is 4.45. The van der Waals surface area contributed by atoms with E-state index in [0.717, 1.165) is 32.6 Å². The fourth-order valence-corrected chi connectivity index (χ4v) is 1.92. The topological polar surface area (TPSA) is 48.3 Å². The number of nitrogens with zero attached hydrogens (tertiary/aromatic N) is 2. The van der Waals surface area contributed by atoms with Gasteiger partial charge in [0.15, 0.2) is 0 Å². The highest BCUT2D eigenvalue weighted by atomic mass is 16.5. The fourth-order valence-electron chi connectivity index (χ4n) is 1.92. The lowest BCUT2D eigenvalue weighted by atomic mass is 10.0. The Bertz CT molecular complexity index is 232. The van der Waals surface area contributed by atoms with Gasteiger partial charge in [0.2, 0.25) is 0 Å². The van der Waals surface area contributed by atoms with Gasteiger partial charge in [0, 0.05) is 25.8 Å². The second-order valence-electron chi connectivity index (χ2n) is 4.45. The number of rotatable bonds is 4. The van der Waals surface area contributed by atoms with Crippen LogP contribution in [0.25, 0.3) is 0 Å². The van der Waals surface area contributed by atoms with Crippen molar-refractivity contribution < 1.29 is 4.74 Å². The van der Waals surface area contributed by atoms with E-state index in [4.69, 9.17) is 10.00 Å². The zero-order valence-electron chi connectivity index (χ0n) is 9.92. The summed E-state index contributed by atoms with van der Waals surface area (Å²) in [7, 11) is 3.92. The first-order valence-corrected chi connectivity index (χ1v) is 5.49. The zero-order valence-corrected chi connectivity index (χ0v) is 9.92. The van der Waals surface area contributed by atoms with Gasteiger partial charge in [-0.3, -0.25) is 0 Å². The minimum Gasteiger partial charge on any atom is -0.381 e. The van der Waals surface area contributed by atoms with Gasteiger partial charge in [-0.1, -0.05) is 0 Å². The number of nitriles is 1. The molecule has 4 heteroatoms. The van der Waals surface area contributed by atoms with Crippen LogP contribution < -0.4 is 5.32 Å². The van der Waals surface area contributed by atoms with Gasteiger partial charge in [-0.05, 0) is 33.9 Å². The van der Waals surface area contributed by atoms with Crippen LogP contribution in [0.5, 0.6) is 0 Å². The molecule has 0 aromatic heterocycles. The van der Waals surface area contributed by atoms with Crippen LogP contribution in [0.1, 0.15) is 19.8 Å². The third-order valence-electron chi connectivity index (χ3n) is 3.18. The minimum absolute atomic E-state index is 0.451. The standard InChI is InChI=1S/C11H21N3O/c1-11(8-12,13-2)9-14(3)10-4-6-15-7-5-10/h10,13H,4-7,9H2,1-3H3. The Labute approximate surface area is 92.2 Å². The summed E-state index contributed by atoms with van der Waals surface area (Å²) in [6.07, 6.45) is 2.14. The van der Waals surface area contributed by atoms with E-state index in [1.807, 2.05) is 14.0 Å². The van der Waals surface area contributed by atoms with Gasteiger partial charge < -0.3 is 15.0 Å². The van der Waals surface area contributed by atoms with Gasteiger partial charge in [-0.15, -0.1) is 0 Å². The molecular formula is C11H21N3O. The van der Waals surface area contributed by atoms with Gasteiger partial charge in [-0.25, -0.2) is 0 Å². The van der Waals surface area contributed by atoms with Crippen LogP contribution in [0.15, 0.2) is 0 Å². The van der Waals surface area contributed by atoms with Crippen molar-refractivity contribution in [3.63, 3.8) is 0 Å². The third kappa shape index (κ3) is 3.45. The maximum Gasteiger partial charge on any atom is 0.116 e. The van der Waals surface area contributed by atoms with Crippen LogP contribution in [-0.2, 0) is 4.74 Å². The highest BCUT2D eigenvalue weighted by Crippen LogP contribution is 2.15. The van der Waals surface area contributed by atoms with E-state index in [-0.39, 0.29) is 0 Å². The molecule has 1 heterocycles. The van der Waals surface area contributed by atoms with Gasteiger partial charge in [-0.2, -0.15) is 5.26 Å². The van der Waals surface area contributed by atoms with E-state index >= 15 is 0 Å². The summed E-state index contributed by atoms with van der Waals surface area (Å²) in [4.78, 5) is 2.27. The molecule has 86 valence electrons. The molecule has 15 heavy (non-hydrogen) atoms. The van der Waals surface area contributed by atoms with E-state index in [1.54, 1.807) is 0 Å². The molecule has 1 aliphatic heterocycles. The molecule has 0 aromatic carbocycles. The first kappa shape index (κ1) is 12.4. The fraction of sp³-hybridized carbons (Fsp3) is 0.909. The van der Waals surface area contributed by atoms with E-state index in [1.165, 1.54) is 0 Å². The van der Waals surface area contributed by atoms with Crippen molar-refractivity contribution in [1.29, 1.82) is 5.26 Å². The third-order valence-corrected chi connectivity index (χ3v) is 3.18. The summed E-state index contributed by atoms with van der Waals surface area (Å²) >= 11 is 0. The van der Waals surface area contributed by atoms with Crippen LogP contribution in [0, 0.1) is 11.3 Å². The quantitative estimate of drug-likeness (QED) is 0.739. The lowest BCUT2D eigenvalue weighted by Crippen LogP contribution is -2.51. The molecule has 1 rings (SSSR count). The Morgan fingerprint density at radius 1 is 1.53 bits per heavy atom. The molecule has 1 saturated heterocycles. The van der Waals surface area contributed by atoms with E-state index in [9.17, 15) is 0 Å². The number of ether oxygens (including phenoxy) is 1. The van der Waals surface area contributed by atoms with Crippen molar-refractivity contribution in [1.82, 2.24) is 10.2 Å². The van der Waals surface area contributed by atoms with Crippen LogP contribution in [0.3, 0.4) is 0 Å². The van der Waals surface area contributed by atoms with Crippen molar-refractivity contribution >= 4 is 0 Å². The number of nitrogens with one attached hydrogen (secondary N) is 1. The summed E-state index contributed by atoms with van der Waals surface area (Å²) in [5.41, 5.74) is -0.451. The lowest BCUT2D eigenvalue weighted by Gasteiger charge is -2.35. The highest BCUT2D eigenvalue weighted by molar-refractivity contribution is 5.05. The van der Waals surface area contributed by atoms with E-state index in [2.05, 4.69) is 23.3 Å². The van der Waals surface area contributed by atoms with Gasteiger partial charge in [0.1, 0.15) is 5.54 Å². The SMILES string of the molecule is CNC(C)(C#N)CN(C)C1CCOCC1. The van der Waals surface area contributed by atoms with Crippen LogP contribution in [0.4, 0.5) is 0 Å². The Morgan fingerprint density at radius 3 is 2.60 bits per heavy atom. The van der Waals surface area contributed by atoms with E-state index in [0.29, 0.717) is 6.04 Å². The molecule has 0 saturated carbocycles. The molecule has 1 N–H and O–H groups in total. The molecule has 0 bridgehead atoms. The van der Waals surface area contributed by atoms with Crippen LogP contribution >= 0.6 is 0 Å². The molecular weight excluding hydrogens is 190 g/mol. The van der Waals surface area contributed by atoms with Gasteiger partial charge in [0.05, 0.1) is 6.07 Å². The molecule has 0 amide bonds. The molecule has 1 fully saturated rings. The molecule has 4 nitrogen and oxygen atoms in total. The molecule has 0 spiro atoms. The number of hydrogen-bond acceptors (Lipinski definition) is 4. The first-order valence-electron chi connectivity index (χ1n) is 5.49. The maximum atomic E-state index is 9.07. The van der Waals surface area contributed by atoms with Crippen molar-refractivity contribution in [3.8, 4) is 6.07 Å². The van der Waals surface area contributed by atoms with Crippen molar-refractivity contribution in [3.05, 3.63) is 0 Å². The smallest absolute Gasteiger partial charge is 0.116 e. The van der Waals surface area contributed by atoms with Gasteiger partial charge in [0.25, 0.3) is 0 Å². The lowest BCUT2D eigenvalue weighted by molar-refractivity contribution is 0.0381. The first-order chi connectivity index (χ1) is 7.11. The molecule has 1 unspecified atom stereocenters. The predicted octanol–water partition coefficient (Wildman–Crippen LogP) is 0.599. The van der Waals surface area contributed by atoms with Crippen LogP contribution in [-0.4, -0.2) is 50.3 Å². The molecule has 0 aliphatic carbocycles. The highest BCUT2D eigenvalue weighted by Gasteiger charge is 2.27. The molecule has 0 aromatic rings. The van der Waals surface area contributed by atoms with E-state index < -0.39 is 5.54 Å². The Morgan fingerprint density at radius 2 is 2.13 bits per heavy atom. The number of hydrogen-bond donors (Lipinski definition) is 1. The molecule has 1 aliphatic rings. The van der Waals surface area contributed by atoms with Crippen LogP contribution in [0.2, 0.25) is 0 Å². The average Bonchev–Trinajstić information content (AvgIpc) is 2.30. The Balaban J connectivity index is 2.46. The zero-order chi connectivity index (χ0) is 11.3. The largest absolute Gasteiger partial charge is 0.381 e. The minimum atomic E-state index is -0.451.